The number of rotatable bonds is 7. The Balaban J connectivity index is 2.70. The van der Waals surface area contributed by atoms with Gasteiger partial charge >= 0.3 is 0 Å². The molecule has 0 fully saturated rings. The highest BCUT2D eigenvalue weighted by Crippen LogP contribution is 2.21. The third-order valence-electron chi connectivity index (χ3n) is 2.57. The number of aliphatic hydroxyl groups is 1. The van der Waals surface area contributed by atoms with Gasteiger partial charge in [0.05, 0.1) is 11.0 Å². The van der Waals surface area contributed by atoms with Gasteiger partial charge in [-0.15, -0.1) is 0 Å². The smallest absolute Gasteiger partial charge is 0.269 e. The number of benzene rings is 1. The standard InChI is InChI=1S/C12H15NO6/c1-18-12(19-2)11(15)7-10(14)8-3-5-9(6-4-8)13(16)17/h3-6,10,12,14H,7H2,1-2H3/t10-/m0/s1. The van der Waals surface area contributed by atoms with Crippen LogP contribution in [0.4, 0.5) is 5.69 Å². The number of carbonyl (C=O) groups is 1. The first-order chi connectivity index (χ1) is 8.99. The quantitative estimate of drug-likeness (QED) is 0.453. The second kappa shape index (κ2) is 6.93. The summed E-state index contributed by atoms with van der Waals surface area (Å²) in [4.78, 5) is 21.6. The molecule has 0 amide bonds. The molecule has 0 bridgehead atoms. The van der Waals surface area contributed by atoms with Crippen LogP contribution in [0.1, 0.15) is 18.1 Å². The van der Waals surface area contributed by atoms with Crippen LogP contribution in [0.3, 0.4) is 0 Å². The Labute approximate surface area is 109 Å². The van der Waals surface area contributed by atoms with E-state index in [2.05, 4.69) is 0 Å². The highest BCUT2D eigenvalue weighted by molar-refractivity contribution is 5.82. The molecule has 7 nitrogen and oxygen atoms in total. The Bertz CT molecular complexity index is 440. The van der Waals surface area contributed by atoms with Crippen molar-refractivity contribution in [2.75, 3.05) is 14.2 Å². The van der Waals surface area contributed by atoms with Gasteiger partial charge in [0.1, 0.15) is 0 Å². The molecule has 1 aromatic carbocycles. The Kier molecular flexibility index (Phi) is 5.56. The van der Waals surface area contributed by atoms with Gasteiger partial charge in [0.2, 0.25) is 6.29 Å². The van der Waals surface area contributed by atoms with Gasteiger partial charge in [-0.25, -0.2) is 0 Å². The second-order valence-corrected chi connectivity index (χ2v) is 3.84. The van der Waals surface area contributed by atoms with Crippen molar-refractivity contribution in [2.45, 2.75) is 18.8 Å². The lowest BCUT2D eigenvalue weighted by Gasteiger charge is -2.15. The van der Waals surface area contributed by atoms with Crippen LogP contribution < -0.4 is 0 Å². The minimum absolute atomic E-state index is 0.0751. The number of nitrogens with zero attached hydrogens (tertiary/aromatic N) is 1. The van der Waals surface area contributed by atoms with Crippen molar-refractivity contribution in [3.8, 4) is 0 Å². The maximum Gasteiger partial charge on any atom is 0.269 e. The number of aliphatic hydroxyl groups excluding tert-OH is 1. The third-order valence-corrected chi connectivity index (χ3v) is 2.57. The largest absolute Gasteiger partial charge is 0.388 e. The van der Waals surface area contributed by atoms with Crippen LogP contribution in [-0.2, 0) is 14.3 Å². The number of methoxy groups -OCH3 is 2. The molecule has 1 rings (SSSR count). The average molecular weight is 269 g/mol. The van der Waals surface area contributed by atoms with Crippen LogP contribution in [0.25, 0.3) is 0 Å². The Hall–Kier alpha value is -1.83. The van der Waals surface area contributed by atoms with Crippen LogP contribution in [0, 0.1) is 10.1 Å². The zero-order chi connectivity index (χ0) is 14.4. The molecular weight excluding hydrogens is 254 g/mol. The van der Waals surface area contributed by atoms with E-state index in [1.165, 1.54) is 38.5 Å². The zero-order valence-electron chi connectivity index (χ0n) is 10.6. The molecule has 104 valence electrons. The lowest BCUT2D eigenvalue weighted by Crippen LogP contribution is -2.26. The fourth-order valence-corrected chi connectivity index (χ4v) is 1.58. The van der Waals surface area contributed by atoms with Crippen molar-refractivity contribution in [3.63, 3.8) is 0 Å². The highest BCUT2D eigenvalue weighted by Gasteiger charge is 2.21. The number of Topliss-reactive ketones (excluding diaryl/α,β-unsaturated/α-hetero) is 1. The number of nitro groups is 1. The first kappa shape index (κ1) is 15.2. The normalized spacial score (nSPS) is 12.4. The molecule has 1 atom stereocenters. The zero-order valence-corrected chi connectivity index (χ0v) is 10.6. The van der Waals surface area contributed by atoms with Crippen molar-refractivity contribution >= 4 is 11.5 Å². The summed E-state index contributed by atoms with van der Waals surface area (Å²) in [6, 6.07) is 5.36. The van der Waals surface area contributed by atoms with E-state index >= 15 is 0 Å². The molecule has 0 saturated carbocycles. The molecule has 0 aliphatic carbocycles. The molecule has 0 unspecified atom stereocenters. The van der Waals surface area contributed by atoms with E-state index in [1.54, 1.807) is 0 Å². The lowest BCUT2D eigenvalue weighted by molar-refractivity contribution is -0.384. The molecular formula is C12H15NO6. The van der Waals surface area contributed by atoms with Crippen molar-refractivity contribution in [1.29, 1.82) is 0 Å². The average Bonchev–Trinajstić information content (AvgIpc) is 2.40. The minimum Gasteiger partial charge on any atom is -0.388 e. The number of ketones is 1. The molecule has 0 aliphatic heterocycles. The van der Waals surface area contributed by atoms with Crippen LogP contribution in [0.15, 0.2) is 24.3 Å². The number of hydrogen-bond donors (Lipinski definition) is 1. The first-order valence-corrected chi connectivity index (χ1v) is 5.50. The number of hydrogen-bond acceptors (Lipinski definition) is 6. The summed E-state index contributed by atoms with van der Waals surface area (Å²) in [6.45, 7) is 0. The fourth-order valence-electron chi connectivity index (χ4n) is 1.58. The molecule has 0 saturated heterocycles. The summed E-state index contributed by atoms with van der Waals surface area (Å²) in [7, 11) is 2.65. The molecule has 0 aliphatic rings. The SMILES string of the molecule is COC(OC)C(=O)C[C@H](O)c1ccc([N+](=O)[O-])cc1. The topological polar surface area (TPSA) is 98.9 Å². The van der Waals surface area contributed by atoms with E-state index in [9.17, 15) is 20.0 Å². The molecule has 1 N–H and O–H groups in total. The van der Waals surface area contributed by atoms with Gasteiger partial charge < -0.3 is 14.6 Å². The molecule has 1 aromatic rings. The fraction of sp³-hybridized carbons (Fsp3) is 0.417. The summed E-state index contributed by atoms with van der Waals surface area (Å²) in [5.41, 5.74) is 0.346. The summed E-state index contributed by atoms with van der Waals surface area (Å²) >= 11 is 0. The van der Waals surface area contributed by atoms with E-state index < -0.39 is 23.1 Å². The van der Waals surface area contributed by atoms with E-state index in [4.69, 9.17) is 9.47 Å². The minimum atomic E-state index is -1.05. The predicted molar refractivity (Wildman–Crippen MR) is 65.5 cm³/mol. The molecule has 0 aromatic heterocycles. The highest BCUT2D eigenvalue weighted by atomic mass is 16.7. The third kappa shape index (κ3) is 4.09. The van der Waals surface area contributed by atoms with Crippen molar-refractivity contribution in [2.24, 2.45) is 0 Å². The van der Waals surface area contributed by atoms with Gasteiger partial charge in [-0.3, -0.25) is 14.9 Å². The van der Waals surface area contributed by atoms with Crippen LogP contribution in [-0.4, -0.2) is 36.3 Å². The monoisotopic (exact) mass is 269 g/mol. The molecule has 0 spiro atoms. The number of carbonyl (C=O) groups excluding carboxylic acids is 1. The van der Waals surface area contributed by atoms with E-state index in [0.717, 1.165) is 0 Å². The summed E-state index contributed by atoms with van der Waals surface area (Å²) < 4.78 is 9.55. The summed E-state index contributed by atoms with van der Waals surface area (Å²) in [5, 5.41) is 20.3. The van der Waals surface area contributed by atoms with Crippen LogP contribution in [0.2, 0.25) is 0 Å². The van der Waals surface area contributed by atoms with Crippen LogP contribution in [0.5, 0.6) is 0 Å². The molecule has 0 heterocycles. The summed E-state index contributed by atoms with van der Waals surface area (Å²) in [6.07, 6.45) is -2.27. The van der Waals surface area contributed by atoms with Crippen molar-refractivity contribution < 1.29 is 24.3 Å². The van der Waals surface area contributed by atoms with E-state index in [-0.39, 0.29) is 12.1 Å². The Morgan fingerprint density at radius 3 is 2.26 bits per heavy atom. The van der Waals surface area contributed by atoms with Gasteiger partial charge in [0.15, 0.2) is 5.78 Å². The van der Waals surface area contributed by atoms with E-state index in [1.807, 2.05) is 0 Å². The molecule has 7 heteroatoms. The van der Waals surface area contributed by atoms with Gasteiger partial charge in [0.25, 0.3) is 5.69 Å². The lowest BCUT2D eigenvalue weighted by atomic mass is 10.0. The Morgan fingerprint density at radius 2 is 1.84 bits per heavy atom. The maximum absolute atomic E-state index is 11.6. The first-order valence-electron chi connectivity index (χ1n) is 5.50. The van der Waals surface area contributed by atoms with Crippen LogP contribution >= 0.6 is 0 Å². The van der Waals surface area contributed by atoms with Gasteiger partial charge in [-0.1, -0.05) is 0 Å². The number of ether oxygens (including phenoxy) is 2. The van der Waals surface area contributed by atoms with Crippen molar-refractivity contribution in [3.05, 3.63) is 39.9 Å². The molecule has 0 radical (unpaired) electrons. The van der Waals surface area contributed by atoms with Gasteiger partial charge in [-0.05, 0) is 17.7 Å². The molecule has 19 heavy (non-hydrogen) atoms. The number of non-ortho nitro benzene ring substituents is 1. The maximum atomic E-state index is 11.6. The predicted octanol–water partition coefficient (Wildman–Crippen LogP) is 1.21. The van der Waals surface area contributed by atoms with Gasteiger partial charge in [0, 0.05) is 32.8 Å². The number of nitro benzene ring substituents is 1. The van der Waals surface area contributed by atoms with E-state index in [0.29, 0.717) is 5.56 Å². The van der Waals surface area contributed by atoms with Gasteiger partial charge in [-0.2, -0.15) is 0 Å². The second-order valence-electron chi connectivity index (χ2n) is 3.84. The Morgan fingerprint density at radius 1 is 1.32 bits per heavy atom. The summed E-state index contributed by atoms with van der Waals surface area (Å²) in [5.74, 6) is -0.407. The van der Waals surface area contributed by atoms with Crippen molar-refractivity contribution in [1.82, 2.24) is 0 Å².